The van der Waals surface area contributed by atoms with Gasteiger partial charge in [-0.2, -0.15) is 0 Å². The molecule has 0 bridgehead atoms. The molecule has 3 N–H and O–H groups in total. The maximum atomic E-state index is 14.1. The van der Waals surface area contributed by atoms with Gasteiger partial charge in [0.1, 0.15) is 0 Å². The fourth-order valence-corrected chi connectivity index (χ4v) is 6.33. The Morgan fingerprint density at radius 1 is 0.909 bits per heavy atom. The summed E-state index contributed by atoms with van der Waals surface area (Å²) in [5.74, 6) is -0.254. The molecule has 0 aliphatic carbocycles. The fourth-order valence-electron chi connectivity index (χ4n) is 6.20. The fraction of sp³-hybridized carbons (Fsp3) is 0.297. The van der Waals surface area contributed by atoms with Crippen LogP contribution in [0.2, 0.25) is 5.02 Å². The molecule has 1 atom stereocenters. The molecule has 1 aliphatic rings. The van der Waals surface area contributed by atoms with Gasteiger partial charge in [0.15, 0.2) is 0 Å². The second kappa shape index (κ2) is 15.2. The van der Waals surface area contributed by atoms with E-state index in [4.69, 9.17) is 17.3 Å². The summed E-state index contributed by atoms with van der Waals surface area (Å²) in [6.45, 7) is 5.63. The molecule has 0 radical (unpaired) electrons. The highest BCUT2D eigenvalue weighted by atomic mass is 35.5. The summed E-state index contributed by atoms with van der Waals surface area (Å²) in [5, 5.41) is 3.80. The summed E-state index contributed by atoms with van der Waals surface area (Å²) in [7, 11) is 0. The first-order chi connectivity index (χ1) is 21.4. The monoisotopic (exact) mass is 608 g/mol. The molecule has 228 valence electrons. The highest BCUT2D eigenvalue weighted by Gasteiger charge is 2.32. The van der Waals surface area contributed by atoms with Crippen LogP contribution in [0.25, 0.3) is 11.1 Å². The summed E-state index contributed by atoms with van der Waals surface area (Å²) < 4.78 is 0. The largest absolute Gasteiger partial charge is 0.369 e. The van der Waals surface area contributed by atoms with Crippen molar-refractivity contribution in [3.05, 3.63) is 130 Å². The molecule has 4 aromatic rings. The van der Waals surface area contributed by atoms with Crippen molar-refractivity contribution in [1.29, 1.82) is 0 Å². The zero-order valence-electron chi connectivity index (χ0n) is 25.3. The first-order valence-corrected chi connectivity index (χ1v) is 15.7. The predicted molar refractivity (Wildman–Crippen MR) is 178 cm³/mol. The summed E-state index contributed by atoms with van der Waals surface area (Å²) in [4.78, 5) is 30.0. The van der Waals surface area contributed by atoms with Crippen LogP contribution in [0, 0.1) is 0 Å². The van der Waals surface area contributed by atoms with E-state index in [1.54, 1.807) is 0 Å². The summed E-state index contributed by atoms with van der Waals surface area (Å²) >= 11 is 6.13. The van der Waals surface area contributed by atoms with Gasteiger partial charge < -0.3 is 16.0 Å². The number of amides is 2. The van der Waals surface area contributed by atoms with Crippen LogP contribution in [-0.2, 0) is 29.1 Å². The number of nitrogens with one attached hydrogen (secondary N) is 1. The van der Waals surface area contributed by atoms with Gasteiger partial charge in [0, 0.05) is 37.2 Å². The third-order valence-corrected chi connectivity index (χ3v) is 8.74. The quantitative estimate of drug-likeness (QED) is 0.196. The molecule has 1 heterocycles. The van der Waals surface area contributed by atoms with Crippen LogP contribution < -0.4 is 11.1 Å². The number of halogens is 1. The van der Waals surface area contributed by atoms with Crippen LogP contribution in [0.15, 0.2) is 103 Å². The van der Waals surface area contributed by atoms with Crippen molar-refractivity contribution in [2.75, 3.05) is 19.6 Å². The Labute approximate surface area is 265 Å². The first-order valence-electron chi connectivity index (χ1n) is 15.4. The van der Waals surface area contributed by atoms with Crippen LogP contribution in [-0.4, -0.2) is 47.3 Å². The van der Waals surface area contributed by atoms with Crippen molar-refractivity contribution < 1.29 is 9.59 Å². The summed E-state index contributed by atoms with van der Waals surface area (Å²) in [6.07, 6.45) is 2.19. The first kappa shape index (κ1) is 31.5. The molecular formula is C37H41ClN4O2. The second-order valence-corrected chi connectivity index (χ2v) is 12.1. The number of hydrogen-bond donors (Lipinski definition) is 2. The lowest BCUT2D eigenvalue weighted by Gasteiger charge is -2.42. The SMILES string of the molecule is CC(c1cccc(-c2ccccc2CNCC(N)=O)c1)N(C(=O)Cc1ccc(Cl)cc1)C1CCN(Cc2ccccc2)CC1. The van der Waals surface area contributed by atoms with Gasteiger partial charge in [-0.3, -0.25) is 14.5 Å². The predicted octanol–water partition coefficient (Wildman–Crippen LogP) is 6.38. The minimum absolute atomic E-state index is 0.111. The standard InChI is InChI=1S/C37H41ClN4O2/c1-27(30-11-7-12-31(23-30)35-13-6-5-10-32(35)24-40-25-36(39)43)42(37(44)22-28-14-16-33(38)17-15-28)34-18-20-41(21-19-34)26-29-8-3-2-4-9-29/h2-17,23,27,34,40H,18-22,24-26H2,1H3,(H2,39,43). The van der Waals surface area contributed by atoms with Crippen LogP contribution in [0.4, 0.5) is 0 Å². The van der Waals surface area contributed by atoms with E-state index in [9.17, 15) is 9.59 Å². The van der Waals surface area contributed by atoms with Crippen molar-refractivity contribution in [1.82, 2.24) is 15.1 Å². The van der Waals surface area contributed by atoms with Crippen molar-refractivity contribution >= 4 is 23.4 Å². The molecule has 2 amide bonds. The Hall–Kier alpha value is -3.97. The molecule has 44 heavy (non-hydrogen) atoms. The number of hydrogen-bond acceptors (Lipinski definition) is 4. The lowest BCUT2D eigenvalue weighted by atomic mass is 9.93. The number of likely N-dealkylation sites (tertiary alicyclic amines) is 1. The Morgan fingerprint density at radius 2 is 1.61 bits per heavy atom. The zero-order valence-corrected chi connectivity index (χ0v) is 26.0. The van der Waals surface area contributed by atoms with E-state index in [1.807, 2.05) is 36.4 Å². The average Bonchev–Trinajstić information content (AvgIpc) is 3.04. The van der Waals surface area contributed by atoms with Crippen LogP contribution in [0.5, 0.6) is 0 Å². The molecule has 5 rings (SSSR count). The zero-order chi connectivity index (χ0) is 30.9. The van der Waals surface area contributed by atoms with E-state index in [2.05, 4.69) is 88.8 Å². The molecule has 0 spiro atoms. The molecule has 0 saturated carbocycles. The highest BCUT2D eigenvalue weighted by Crippen LogP contribution is 2.32. The third-order valence-electron chi connectivity index (χ3n) is 8.49. The number of carbonyl (C=O) groups is 2. The lowest BCUT2D eigenvalue weighted by Crippen LogP contribution is -2.48. The van der Waals surface area contributed by atoms with Gasteiger partial charge in [-0.1, -0.05) is 96.5 Å². The maximum absolute atomic E-state index is 14.1. The van der Waals surface area contributed by atoms with Crippen LogP contribution in [0.3, 0.4) is 0 Å². The molecule has 4 aromatic carbocycles. The average molecular weight is 609 g/mol. The number of primary amides is 1. The van der Waals surface area contributed by atoms with Crippen LogP contribution >= 0.6 is 11.6 Å². The van der Waals surface area contributed by atoms with E-state index in [0.29, 0.717) is 18.0 Å². The Kier molecular flexibility index (Phi) is 10.8. The van der Waals surface area contributed by atoms with E-state index in [0.717, 1.165) is 60.3 Å². The second-order valence-electron chi connectivity index (χ2n) is 11.6. The number of rotatable bonds is 12. The summed E-state index contributed by atoms with van der Waals surface area (Å²) in [6, 6.07) is 34.9. The third kappa shape index (κ3) is 8.35. The van der Waals surface area contributed by atoms with E-state index < -0.39 is 0 Å². The Morgan fingerprint density at radius 3 is 2.34 bits per heavy atom. The van der Waals surface area contributed by atoms with Crippen LogP contribution in [0.1, 0.15) is 48.1 Å². The Balaban J connectivity index is 1.37. The van der Waals surface area contributed by atoms with Gasteiger partial charge in [-0.25, -0.2) is 0 Å². The number of benzene rings is 4. The maximum Gasteiger partial charge on any atom is 0.231 e. The molecule has 7 heteroatoms. The number of piperidine rings is 1. The normalized spacial score (nSPS) is 14.7. The molecule has 1 fully saturated rings. The van der Waals surface area contributed by atoms with E-state index in [1.165, 1.54) is 5.56 Å². The molecule has 6 nitrogen and oxygen atoms in total. The topological polar surface area (TPSA) is 78.7 Å². The molecule has 0 aromatic heterocycles. The number of nitrogens with two attached hydrogens (primary N) is 1. The minimum Gasteiger partial charge on any atom is -0.369 e. The van der Waals surface area contributed by atoms with E-state index in [-0.39, 0.29) is 30.4 Å². The number of nitrogens with zero attached hydrogens (tertiary/aromatic N) is 2. The molecule has 1 aliphatic heterocycles. The van der Waals surface area contributed by atoms with Gasteiger partial charge >= 0.3 is 0 Å². The number of carbonyl (C=O) groups excluding carboxylic acids is 2. The molecule has 1 saturated heterocycles. The van der Waals surface area contributed by atoms with Gasteiger partial charge in [0.25, 0.3) is 0 Å². The van der Waals surface area contributed by atoms with E-state index >= 15 is 0 Å². The Bertz CT molecular complexity index is 1530. The van der Waals surface area contributed by atoms with Crippen molar-refractivity contribution in [2.45, 2.75) is 51.4 Å². The lowest BCUT2D eigenvalue weighted by molar-refractivity contribution is -0.136. The molecule has 1 unspecified atom stereocenters. The van der Waals surface area contributed by atoms with Gasteiger partial charge in [0.05, 0.1) is 19.0 Å². The molecular weight excluding hydrogens is 568 g/mol. The van der Waals surface area contributed by atoms with Gasteiger partial charge in [0.2, 0.25) is 11.8 Å². The summed E-state index contributed by atoms with van der Waals surface area (Å²) in [5.41, 5.74) is 12.0. The van der Waals surface area contributed by atoms with Crippen molar-refractivity contribution in [3.63, 3.8) is 0 Å². The van der Waals surface area contributed by atoms with Gasteiger partial charge in [-0.05, 0) is 71.3 Å². The van der Waals surface area contributed by atoms with Crippen molar-refractivity contribution in [2.24, 2.45) is 5.73 Å². The smallest absolute Gasteiger partial charge is 0.231 e. The minimum atomic E-state index is -0.382. The van der Waals surface area contributed by atoms with Crippen molar-refractivity contribution in [3.8, 4) is 11.1 Å². The van der Waals surface area contributed by atoms with Gasteiger partial charge in [-0.15, -0.1) is 0 Å². The highest BCUT2D eigenvalue weighted by molar-refractivity contribution is 6.30.